The van der Waals surface area contributed by atoms with Gasteiger partial charge in [0.05, 0.1) is 6.04 Å². The molecule has 3 N–H and O–H groups in total. The van der Waals surface area contributed by atoms with E-state index in [9.17, 15) is 4.79 Å². The standard InChI is InChI=1S/C29H36N4O.C2H6O/c1-3-32(4-2)29(34)25-15-13-24(14-16-25)28(26-11-8-12-27(30)21-26)33-19-17-31(18-20-33)22-23-9-6-5-7-10-23;1-2-3/h5-16,21,28H,3-4,17-20,22,30H2,1-2H3;3H,2H2,1H3. The summed E-state index contributed by atoms with van der Waals surface area (Å²) in [5.74, 6) is 0.0894. The number of amides is 1. The van der Waals surface area contributed by atoms with Crippen LogP contribution in [0.5, 0.6) is 0 Å². The molecule has 1 saturated heterocycles. The minimum absolute atomic E-state index is 0.0894. The number of nitrogen functional groups attached to an aromatic ring is 1. The molecule has 1 fully saturated rings. The molecule has 37 heavy (non-hydrogen) atoms. The van der Waals surface area contributed by atoms with Crippen LogP contribution in [-0.4, -0.2) is 71.6 Å². The molecule has 6 nitrogen and oxygen atoms in total. The Hall–Kier alpha value is -3.19. The first-order valence-corrected chi connectivity index (χ1v) is 13.4. The summed E-state index contributed by atoms with van der Waals surface area (Å²) in [7, 11) is 0. The average molecular weight is 503 g/mol. The van der Waals surface area contributed by atoms with Gasteiger partial charge in [-0.15, -0.1) is 0 Å². The highest BCUT2D eigenvalue weighted by Crippen LogP contribution is 2.31. The Bertz CT molecular complexity index is 1080. The van der Waals surface area contributed by atoms with E-state index in [1.54, 1.807) is 6.92 Å². The Morgan fingerprint density at radius 3 is 2.05 bits per heavy atom. The normalized spacial score (nSPS) is 14.9. The lowest BCUT2D eigenvalue weighted by Gasteiger charge is -2.40. The van der Waals surface area contributed by atoms with Gasteiger partial charge in [-0.05, 0) is 61.7 Å². The Balaban J connectivity index is 0.00000121. The van der Waals surface area contributed by atoms with Gasteiger partial charge in [-0.3, -0.25) is 14.6 Å². The number of anilines is 1. The molecular weight excluding hydrogens is 460 g/mol. The molecule has 0 radical (unpaired) electrons. The third-order valence-corrected chi connectivity index (χ3v) is 6.77. The fourth-order valence-corrected chi connectivity index (χ4v) is 4.87. The molecule has 4 rings (SSSR count). The van der Waals surface area contributed by atoms with Crippen LogP contribution in [0.4, 0.5) is 5.69 Å². The summed E-state index contributed by atoms with van der Waals surface area (Å²) in [6.45, 7) is 12.4. The predicted octanol–water partition coefficient (Wildman–Crippen LogP) is 4.66. The number of piperazine rings is 1. The summed E-state index contributed by atoms with van der Waals surface area (Å²) in [6, 6.07) is 27.2. The van der Waals surface area contributed by atoms with Crippen molar-refractivity contribution in [3.63, 3.8) is 0 Å². The molecule has 0 aromatic heterocycles. The Kier molecular flexibility index (Phi) is 11.1. The third kappa shape index (κ3) is 7.89. The lowest BCUT2D eigenvalue weighted by atomic mass is 9.95. The van der Waals surface area contributed by atoms with Crippen molar-refractivity contribution >= 4 is 11.6 Å². The molecule has 0 aliphatic carbocycles. The lowest BCUT2D eigenvalue weighted by molar-refractivity contribution is 0.0773. The predicted molar refractivity (Wildman–Crippen MR) is 152 cm³/mol. The van der Waals surface area contributed by atoms with Crippen LogP contribution in [0.2, 0.25) is 0 Å². The Morgan fingerprint density at radius 2 is 1.49 bits per heavy atom. The van der Waals surface area contributed by atoms with Crippen LogP contribution in [0.25, 0.3) is 0 Å². The first-order chi connectivity index (χ1) is 18.0. The number of nitrogens with two attached hydrogens (primary N) is 1. The molecule has 198 valence electrons. The zero-order valence-electron chi connectivity index (χ0n) is 22.5. The minimum atomic E-state index is 0.0894. The van der Waals surface area contributed by atoms with Gasteiger partial charge in [0.2, 0.25) is 0 Å². The van der Waals surface area contributed by atoms with E-state index in [0.29, 0.717) is 0 Å². The lowest BCUT2D eigenvalue weighted by Crippen LogP contribution is -2.47. The monoisotopic (exact) mass is 502 g/mol. The molecule has 1 heterocycles. The van der Waals surface area contributed by atoms with Gasteiger partial charge in [0.15, 0.2) is 0 Å². The van der Waals surface area contributed by atoms with Crippen LogP contribution in [0, 0.1) is 0 Å². The second-order valence-electron chi connectivity index (χ2n) is 9.29. The average Bonchev–Trinajstić information content (AvgIpc) is 2.92. The van der Waals surface area contributed by atoms with E-state index in [1.807, 2.05) is 43.0 Å². The molecule has 1 aliphatic rings. The van der Waals surface area contributed by atoms with Gasteiger partial charge >= 0.3 is 0 Å². The molecule has 0 saturated carbocycles. The number of hydrogen-bond acceptors (Lipinski definition) is 5. The SMILES string of the molecule is CCN(CC)C(=O)c1ccc(C(c2cccc(N)c2)N2CCN(Cc3ccccc3)CC2)cc1.CCO. The van der Waals surface area contributed by atoms with Crippen LogP contribution in [0.1, 0.15) is 53.9 Å². The zero-order valence-corrected chi connectivity index (χ0v) is 22.5. The largest absolute Gasteiger partial charge is 0.399 e. The molecule has 3 aromatic rings. The van der Waals surface area contributed by atoms with E-state index in [4.69, 9.17) is 10.8 Å². The second kappa shape index (κ2) is 14.5. The molecule has 0 spiro atoms. The van der Waals surface area contributed by atoms with Gasteiger partial charge in [-0.25, -0.2) is 0 Å². The maximum atomic E-state index is 12.8. The third-order valence-electron chi connectivity index (χ3n) is 6.77. The molecule has 1 amide bonds. The molecular formula is C31H42N4O2. The minimum Gasteiger partial charge on any atom is -0.399 e. The van der Waals surface area contributed by atoms with Gasteiger partial charge in [-0.2, -0.15) is 0 Å². The van der Waals surface area contributed by atoms with E-state index in [1.165, 1.54) is 16.7 Å². The van der Waals surface area contributed by atoms with E-state index >= 15 is 0 Å². The van der Waals surface area contributed by atoms with E-state index in [2.05, 4.69) is 64.4 Å². The Morgan fingerprint density at radius 1 is 0.865 bits per heavy atom. The fourth-order valence-electron chi connectivity index (χ4n) is 4.87. The maximum absolute atomic E-state index is 12.8. The van der Waals surface area contributed by atoms with Gasteiger partial charge in [0, 0.05) is 63.7 Å². The van der Waals surface area contributed by atoms with Crippen molar-refractivity contribution in [1.82, 2.24) is 14.7 Å². The van der Waals surface area contributed by atoms with Crippen molar-refractivity contribution in [3.8, 4) is 0 Å². The molecule has 1 aliphatic heterocycles. The van der Waals surface area contributed by atoms with Crippen molar-refractivity contribution in [2.75, 3.05) is 51.6 Å². The smallest absolute Gasteiger partial charge is 0.253 e. The zero-order chi connectivity index (χ0) is 26.6. The summed E-state index contributed by atoms with van der Waals surface area (Å²) < 4.78 is 0. The highest BCUT2D eigenvalue weighted by Gasteiger charge is 2.27. The highest BCUT2D eigenvalue weighted by atomic mass is 16.2. The van der Waals surface area contributed by atoms with Gasteiger partial charge in [0.1, 0.15) is 0 Å². The first kappa shape index (κ1) is 28.4. The fraction of sp³-hybridized carbons (Fsp3) is 0.387. The number of carbonyl (C=O) groups excluding carboxylic acids is 1. The maximum Gasteiger partial charge on any atom is 0.253 e. The number of rotatable bonds is 8. The van der Waals surface area contributed by atoms with E-state index in [-0.39, 0.29) is 18.6 Å². The Labute approximate surface area is 222 Å². The summed E-state index contributed by atoms with van der Waals surface area (Å²) in [6.07, 6.45) is 0. The first-order valence-electron chi connectivity index (χ1n) is 13.4. The van der Waals surface area contributed by atoms with Crippen molar-refractivity contribution in [2.24, 2.45) is 0 Å². The van der Waals surface area contributed by atoms with Gasteiger partial charge in [0.25, 0.3) is 5.91 Å². The molecule has 0 bridgehead atoms. The number of aliphatic hydroxyl groups excluding tert-OH is 1. The van der Waals surface area contributed by atoms with E-state index < -0.39 is 0 Å². The van der Waals surface area contributed by atoms with Crippen molar-refractivity contribution in [2.45, 2.75) is 33.4 Å². The van der Waals surface area contributed by atoms with Crippen LogP contribution in [0.3, 0.4) is 0 Å². The number of benzene rings is 3. The topological polar surface area (TPSA) is 73.0 Å². The van der Waals surface area contributed by atoms with Gasteiger partial charge < -0.3 is 15.7 Å². The molecule has 1 atom stereocenters. The summed E-state index contributed by atoms with van der Waals surface area (Å²) in [5.41, 5.74) is 11.4. The number of carbonyl (C=O) groups is 1. The van der Waals surface area contributed by atoms with E-state index in [0.717, 1.165) is 57.1 Å². The molecule has 3 aromatic carbocycles. The van der Waals surface area contributed by atoms with Crippen LogP contribution in [-0.2, 0) is 6.54 Å². The molecule has 6 heteroatoms. The highest BCUT2D eigenvalue weighted by molar-refractivity contribution is 5.94. The number of hydrogen-bond donors (Lipinski definition) is 2. The number of aliphatic hydroxyl groups is 1. The van der Waals surface area contributed by atoms with Crippen molar-refractivity contribution in [3.05, 3.63) is 101 Å². The second-order valence-corrected chi connectivity index (χ2v) is 9.29. The summed E-state index contributed by atoms with van der Waals surface area (Å²) in [4.78, 5) is 19.7. The van der Waals surface area contributed by atoms with Crippen molar-refractivity contribution in [1.29, 1.82) is 0 Å². The summed E-state index contributed by atoms with van der Waals surface area (Å²) >= 11 is 0. The summed E-state index contributed by atoms with van der Waals surface area (Å²) in [5, 5.41) is 7.57. The van der Waals surface area contributed by atoms with Crippen LogP contribution < -0.4 is 5.73 Å². The van der Waals surface area contributed by atoms with Crippen LogP contribution in [0.15, 0.2) is 78.9 Å². The molecule has 1 unspecified atom stereocenters. The quantitative estimate of drug-likeness (QED) is 0.439. The van der Waals surface area contributed by atoms with Crippen molar-refractivity contribution < 1.29 is 9.90 Å². The van der Waals surface area contributed by atoms with Gasteiger partial charge in [-0.1, -0.05) is 54.6 Å². The van der Waals surface area contributed by atoms with Crippen LogP contribution >= 0.6 is 0 Å². The number of nitrogens with zero attached hydrogens (tertiary/aromatic N) is 3.